The summed E-state index contributed by atoms with van der Waals surface area (Å²) in [6, 6.07) is 15.4. The van der Waals surface area contributed by atoms with Crippen LogP contribution < -0.4 is 20.9 Å². The van der Waals surface area contributed by atoms with E-state index < -0.39 is 33.8 Å². The molecule has 0 aliphatic rings. The van der Waals surface area contributed by atoms with Crippen molar-refractivity contribution in [3.8, 4) is 11.5 Å². The van der Waals surface area contributed by atoms with Gasteiger partial charge in [-0.15, -0.1) is 0 Å². The Morgan fingerprint density at radius 3 is 1.14 bits per heavy atom. The van der Waals surface area contributed by atoms with E-state index in [1.807, 2.05) is 48.5 Å². The number of nitrogen functional groups attached to an aromatic ring is 2. The molecule has 2 aromatic carbocycles. The molecule has 0 spiro atoms. The van der Waals surface area contributed by atoms with Crippen LogP contribution in [-0.4, -0.2) is 45.2 Å². The van der Waals surface area contributed by atoms with E-state index in [1.54, 1.807) is 0 Å². The predicted molar refractivity (Wildman–Crippen MR) is 192 cm³/mol. The molecular weight excluding hydrogens is 605 g/mol. The first kappa shape index (κ1) is 37.6. The molecule has 2 rings (SSSR count). The number of nitrogens with two attached hydrogens (primary N) is 2. The number of hydrogen-bond donors (Lipinski definition) is 2. The molecular formula is C32H60N2O5Si4. The fourth-order valence-corrected chi connectivity index (χ4v) is 25.4. The predicted octanol–water partition coefficient (Wildman–Crippen LogP) is 9.15. The minimum Gasteiger partial charge on any atom is -0.491 e. The number of benzene rings is 2. The van der Waals surface area contributed by atoms with Gasteiger partial charge < -0.3 is 33.3 Å². The maximum absolute atomic E-state index is 7.04. The summed E-state index contributed by atoms with van der Waals surface area (Å²) in [5, 5.41) is 0. The van der Waals surface area contributed by atoms with Crippen LogP contribution >= 0.6 is 0 Å². The Labute approximate surface area is 266 Å². The molecule has 4 N–H and O–H groups in total. The van der Waals surface area contributed by atoms with E-state index in [2.05, 4.69) is 66.2 Å². The molecule has 0 saturated carbocycles. The molecule has 0 bridgehead atoms. The SMILES string of the molecule is CCCCCC(Oc1ccc(N)cc1)[Si](C)(C)O[Si](C)(C)O[Si](C)(C)O[Si](C)(C)C(CCCCC)Oc1ccc(N)cc1. The zero-order valence-electron chi connectivity index (χ0n) is 28.6. The van der Waals surface area contributed by atoms with Crippen LogP contribution in [0, 0.1) is 0 Å². The van der Waals surface area contributed by atoms with Crippen LogP contribution in [0.5, 0.6) is 11.5 Å². The topological polar surface area (TPSA) is 98.2 Å². The normalized spacial score (nSPS) is 14.4. The second-order valence-electron chi connectivity index (χ2n) is 13.7. The summed E-state index contributed by atoms with van der Waals surface area (Å²) >= 11 is 0. The van der Waals surface area contributed by atoms with Crippen LogP contribution in [0.25, 0.3) is 0 Å². The fourth-order valence-electron chi connectivity index (χ4n) is 5.71. The Balaban J connectivity index is 2.18. The van der Waals surface area contributed by atoms with Gasteiger partial charge in [-0.05, 0) is 114 Å². The number of hydrogen-bond acceptors (Lipinski definition) is 7. The Bertz CT molecular complexity index is 997. The van der Waals surface area contributed by atoms with Gasteiger partial charge in [-0.1, -0.05) is 52.4 Å². The van der Waals surface area contributed by atoms with Crippen molar-refractivity contribution in [3.63, 3.8) is 0 Å². The molecule has 2 unspecified atom stereocenters. The molecule has 0 aromatic heterocycles. The molecule has 0 fully saturated rings. The number of rotatable bonds is 20. The van der Waals surface area contributed by atoms with Gasteiger partial charge in [0.1, 0.15) is 23.0 Å². The second kappa shape index (κ2) is 16.6. The lowest BCUT2D eigenvalue weighted by Gasteiger charge is -2.44. The van der Waals surface area contributed by atoms with Gasteiger partial charge in [-0.3, -0.25) is 0 Å². The molecule has 244 valence electrons. The maximum Gasteiger partial charge on any atom is 0.312 e. The van der Waals surface area contributed by atoms with E-state index >= 15 is 0 Å². The van der Waals surface area contributed by atoms with E-state index in [4.69, 9.17) is 33.3 Å². The zero-order valence-corrected chi connectivity index (χ0v) is 32.6. The van der Waals surface area contributed by atoms with Crippen LogP contribution in [0.15, 0.2) is 48.5 Å². The lowest BCUT2D eigenvalue weighted by molar-refractivity contribution is 0.217. The first-order chi connectivity index (χ1) is 20.0. The molecule has 43 heavy (non-hydrogen) atoms. The minimum absolute atomic E-state index is 0.00539. The highest BCUT2D eigenvalue weighted by Crippen LogP contribution is 2.31. The molecule has 0 aliphatic carbocycles. The standard InChI is InChI=1S/C32H60N2O5Si4/c1-11-13-15-17-31(35-29-23-19-27(33)20-24-29)40(3,4)37-42(7,8)39-43(9,10)38-41(5,6)32(18-16-14-12-2)36-30-25-21-28(34)22-26-30/h19-26,31-32H,11-18,33-34H2,1-10H3. The van der Waals surface area contributed by atoms with Gasteiger partial charge in [-0.2, -0.15) is 0 Å². The largest absolute Gasteiger partial charge is 0.491 e. The smallest absolute Gasteiger partial charge is 0.312 e. The zero-order chi connectivity index (χ0) is 32.3. The van der Waals surface area contributed by atoms with E-state index in [-0.39, 0.29) is 11.5 Å². The fraction of sp³-hybridized carbons (Fsp3) is 0.625. The molecule has 2 aromatic rings. The summed E-state index contributed by atoms with van der Waals surface area (Å²) in [4.78, 5) is 0. The first-order valence-corrected chi connectivity index (χ1v) is 27.7. The third-order valence-electron chi connectivity index (χ3n) is 7.52. The van der Waals surface area contributed by atoms with Gasteiger partial charge in [0.25, 0.3) is 0 Å². The van der Waals surface area contributed by atoms with Crippen LogP contribution in [0.2, 0.25) is 52.4 Å². The van der Waals surface area contributed by atoms with Crippen molar-refractivity contribution in [3.05, 3.63) is 48.5 Å². The van der Waals surface area contributed by atoms with Gasteiger partial charge in [0.2, 0.25) is 16.6 Å². The molecule has 0 radical (unpaired) electrons. The summed E-state index contributed by atoms with van der Waals surface area (Å²) in [6.45, 7) is 22.1. The van der Waals surface area contributed by atoms with Crippen LogP contribution in [0.1, 0.15) is 65.2 Å². The highest BCUT2D eigenvalue weighted by molar-refractivity contribution is 6.90. The first-order valence-electron chi connectivity index (χ1n) is 16.1. The molecule has 0 aliphatic heterocycles. The number of ether oxygens (including phenoxy) is 2. The Morgan fingerprint density at radius 2 is 0.837 bits per heavy atom. The molecule has 2 atom stereocenters. The minimum atomic E-state index is -2.59. The Hall–Kier alpha value is -1.61. The third kappa shape index (κ3) is 13.5. The molecule has 0 heterocycles. The number of anilines is 2. The van der Waals surface area contributed by atoms with Crippen molar-refractivity contribution in [1.82, 2.24) is 0 Å². The van der Waals surface area contributed by atoms with Crippen molar-refractivity contribution in [1.29, 1.82) is 0 Å². The highest BCUT2D eigenvalue weighted by Gasteiger charge is 2.48. The average molecular weight is 665 g/mol. The molecule has 0 saturated heterocycles. The lowest BCUT2D eigenvalue weighted by atomic mass is 10.2. The lowest BCUT2D eigenvalue weighted by Crippen LogP contribution is -2.61. The second-order valence-corrected chi connectivity index (χ2v) is 29.4. The van der Waals surface area contributed by atoms with Crippen LogP contribution in [0.4, 0.5) is 11.4 Å². The van der Waals surface area contributed by atoms with Gasteiger partial charge in [-0.25, -0.2) is 0 Å². The summed E-state index contributed by atoms with van der Waals surface area (Å²) in [7, 11) is -9.87. The van der Waals surface area contributed by atoms with Crippen molar-refractivity contribution < 1.29 is 21.8 Å². The summed E-state index contributed by atoms with van der Waals surface area (Å²) in [5.41, 5.74) is 13.3. The van der Waals surface area contributed by atoms with E-state index in [0.717, 1.165) is 48.6 Å². The van der Waals surface area contributed by atoms with Crippen molar-refractivity contribution in [2.45, 2.75) is 129 Å². The van der Waals surface area contributed by atoms with Crippen LogP contribution in [-0.2, 0) is 12.3 Å². The molecule has 0 amide bonds. The summed E-state index contributed by atoms with van der Waals surface area (Å²) in [6.07, 6.45) is 8.81. The Kier molecular flexibility index (Phi) is 14.5. The average Bonchev–Trinajstić information content (AvgIpc) is 2.88. The van der Waals surface area contributed by atoms with Gasteiger partial charge in [0, 0.05) is 11.4 Å². The Morgan fingerprint density at radius 1 is 0.512 bits per heavy atom. The van der Waals surface area contributed by atoms with Crippen molar-refractivity contribution in [2.75, 3.05) is 11.5 Å². The number of unbranched alkanes of at least 4 members (excludes halogenated alkanes) is 4. The van der Waals surface area contributed by atoms with Crippen molar-refractivity contribution >= 4 is 45.1 Å². The quantitative estimate of drug-likeness (QED) is 0.0827. The van der Waals surface area contributed by atoms with E-state index in [0.29, 0.717) is 0 Å². The van der Waals surface area contributed by atoms with E-state index in [9.17, 15) is 0 Å². The van der Waals surface area contributed by atoms with E-state index in [1.165, 1.54) is 25.7 Å². The summed E-state index contributed by atoms with van der Waals surface area (Å²) < 4.78 is 34.2. The van der Waals surface area contributed by atoms with Gasteiger partial charge in [0.15, 0.2) is 0 Å². The van der Waals surface area contributed by atoms with Crippen LogP contribution in [0.3, 0.4) is 0 Å². The van der Waals surface area contributed by atoms with Gasteiger partial charge >= 0.3 is 17.1 Å². The maximum atomic E-state index is 7.04. The third-order valence-corrected chi connectivity index (χ3v) is 23.5. The van der Waals surface area contributed by atoms with Crippen molar-refractivity contribution in [2.24, 2.45) is 0 Å². The molecule has 11 heteroatoms. The molecule has 7 nitrogen and oxygen atoms in total. The highest BCUT2D eigenvalue weighted by atomic mass is 28.5. The van der Waals surface area contributed by atoms with Gasteiger partial charge in [0.05, 0.1) is 0 Å². The monoisotopic (exact) mass is 664 g/mol. The summed E-state index contributed by atoms with van der Waals surface area (Å²) in [5.74, 6) is 1.67.